The van der Waals surface area contributed by atoms with Crippen molar-refractivity contribution < 1.29 is 9.16 Å². The van der Waals surface area contributed by atoms with E-state index in [2.05, 4.69) is 74.7 Å². The van der Waals surface area contributed by atoms with Crippen molar-refractivity contribution in [3.63, 3.8) is 0 Å². The SMILES string of the molecule is CC(C)(C)[Si](C)(C)OC(CI)OC/C=C/c1ccccc1. The van der Waals surface area contributed by atoms with Crippen LogP contribution in [0.5, 0.6) is 0 Å². The van der Waals surface area contributed by atoms with Crippen LogP contribution in [0.1, 0.15) is 26.3 Å². The molecule has 0 aliphatic heterocycles. The van der Waals surface area contributed by atoms with Crippen LogP contribution in [0.3, 0.4) is 0 Å². The molecule has 0 aliphatic carbocycles. The molecule has 0 fully saturated rings. The maximum Gasteiger partial charge on any atom is 0.195 e. The van der Waals surface area contributed by atoms with E-state index in [0.717, 1.165) is 4.43 Å². The second-order valence-corrected chi connectivity index (χ2v) is 12.2. The standard InChI is InChI=1S/C17H27IO2Si/c1-17(2,3)21(4,5)20-16(14-18)19-13-9-12-15-10-7-6-8-11-15/h6-12,16H,13-14H2,1-5H3/b12-9+. The minimum absolute atomic E-state index is 0.119. The number of rotatable bonds is 7. The summed E-state index contributed by atoms with van der Waals surface area (Å²) in [6, 6.07) is 10.3. The molecule has 1 unspecified atom stereocenters. The highest BCUT2D eigenvalue weighted by Gasteiger charge is 2.39. The number of hydrogen-bond acceptors (Lipinski definition) is 2. The van der Waals surface area contributed by atoms with Gasteiger partial charge in [0, 0.05) is 4.43 Å². The van der Waals surface area contributed by atoms with E-state index >= 15 is 0 Å². The maximum atomic E-state index is 6.28. The Bertz CT molecular complexity index is 438. The van der Waals surface area contributed by atoms with Crippen LogP contribution < -0.4 is 0 Å². The molecule has 0 aliphatic rings. The van der Waals surface area contributed by atoms with E-state index in [1.54, 1.807) is 0 Å². The van der Waals surface area contributed by atoms with Crippen LogP contribution in [-0.2, 0) is 9.16 Å². The van der Waals surface area contributed by atoms with Gasteiger partial charge in [0.1, 0.15) is 0 Å². The zero-order chi connectivity index (χ0) is 15.9. The molecule has 1 atom stereocenters. The second-order valence-electron chi connectivity index (χ2n) is 6.61. The third kappa shape index (κ3) is 6.63. The highest BCUT2D eigenvalue weighted by atomic mass is 127. The van der Waals surface area contributed by atoms with Crippen molar-refractivity contribution in [3.05, 3.63) is 42.0 Å². The van der Waals surface area contributed by atoms with Gasteiger partial charge in [-0.15, -0.1) is 0 Å². The summed E-state index contributed by atoms with van der Waals surface area (Å²) in [4.78, 5) is 0. The van der Waals surface area contributed by atoms with Gasteiger partial charge in [-0.2, -0.15) is 0 Å². The second kappa shape index (κ2) is 8.46. The zero-order valence-electron chi connectivity index (χ0n) is 13.7. The van der Waals surface area contributed by atoms with Crippen LogP contribution in [0.25, 0.3) is 6.08 Å². The Morgan fingerprint density at radius 2 is 1.81 bits per heavy atom. The molecule has 4 heteroatoms. The average molecular weight is 418 g/mol. The third-order valence-corrected chi connectivity index (χ3v) is 9.03. The molecule has 1 aromatic carbocycles. The number of benzene rings is 1. The predicted molar refractivity (Wildman–Crippen MR) is 102 cm³/mol. The Morgan fingerprint density at radius 1 is 1.19 bits per heavy atom. The Labute approximate surface area is 144 Å². The van der Waals surface area contributed by atoms with Gasteiger partial charge in [-0.1, -0.05) is 85.8 Å². The molecular weight excluding hydrogens is 391 g/mol. The summed E-state index contributed by atoms with van der Waals surface area (Å²) in [5.74, 6) is 0. The Balaban J connectivity index is 2.47. The van der Waals surface area contributed by atoms with E-state index in [1.807, 2.05) is 24.3 Å². The minimum Gasteiger partial charge on any atom is -0.392 e. The highest BCUT2D eigenvalue weighted by Crippen LogP contribution is 2.37. The lowest BCUT2D eigenvalue weighted by atomic mass is 10.2. The first-order chi connectivity index (χ1) is 9.76. The van der Waals surface area contributed by atoms with E-state index in [-0.39, 0.29) is 11.3 Å². The van der Waals surface area contributed by atoms with Crippen LogP contribution >= 0.6 is 22.6 Å². The predicted octanol–water partition coefficient (Wildman–Crippen LogP) is 5.50. The van der Waals surface area contributed by atoms with Gasteiger partial charge in [0.25, 0.3) is 0 Å². The van der Waals surface area contributed by atoms with Gasteiger partial charge in [-0.3, -0.25) is 0 Å². The van der Waals surface area contributed by atoms with Gasteiger partial charge in [0.05, 0.1) is 6.61 Å². The number of ether oxygens (including phenoxy) is 1. The van der Waals surface area contributed by atoms with Crippen LogP contribution in [0.4, 0.5) is 0 Å². The van der Waals surface area contributed by atoms with Crippen molar-refractivity contribution in [2.75, 3.05) is 11.0 Å². The molecule has 1 aromatic rings. The van der Waals surface area contributed by atoms with Gasteiger partial charge in [0.2, 0.25) is 0 Å². The van der Waals surface area contributed by atoms with Crippen molar-refractivity contribution in [1.29, 1.82) is 0 Å². The molecule has 0 N–H and O–H groups in total. The molecule has 0 heterocycles. The molecule has 0 amide bonds. The van der Waals surface area contributed by atoms with Gasteiger partial charge in [-0.05, 0) is 23.7 Å². The first-order valence-electron chi connectivity index (χ1n) is 7.33. The van der Waals surface area contributed by atoms with E-state index in [0.29, 0.717) is 6.61 Å². The molecule has 0 spiro atoms. The first kappa shape index (κ1) is 18.9. The van der Waals surface area contributed by atoms with E-state index < -0.39 is 8.32 Å². The maximum absolute atomic E-state index is 6.28. The van der Waals surface area contributed by atoms with Gasteiger partial charge >= 0.3 is 0 Å². The molecule has 0 radical (unpaired) electrons. The molecular formula is C17H27IO2Si. The van der Waals surface area contributed by atoms with Crippen LogP contribution in [0.2, 0.25) is 18.1 Å². The summed E-state index contributed by atoms with van der Waals surface area (Å²) in [6.07, 6.45) is 4.01. The van der Waals surface area contributed by atoms with Crippen molar-refractivity contribution in [2.24, 2.45) is 0 Å². The van der Waals surface area contributed by atoms with Crippen molar-refractivity contribution in [2.45, 2.75) is 45.2 Å². The summed E-state index contributed by atoms with van der Waals surface area (Å²) in [6.45, 7) is 11.8. The Hall–Kier alpha value is -0.173. The average Bonchev–Trinajstić information content (AvgIpc) is 2.42. The van der Waals surface area contributed by atoms with E-state index in [4.69, 9.17) is 9.16 Å². The van der Waals surface area contributed by atoms with E-state index in [9.17, 15) is 0 Å². The first-order valence-corrected chi connectivity index (χ1v) is 11.8. The summed E-state index contributed by atoms with van der Waals surface area (Å²) >= 11 is 2.33. The molecule has 21 heavy (non-hydrogen) atoms. The lowest BCUT2D eigenvalue weighted by Crippen LogP contribution is -2.45. The van der Waals surface area contributed by atoms with Crippen LogP contribution in [0.15, 0.2) is 36.4 Å². The van der Waals surface area contributed by atoms with Gasteiger partial charge in [0.15, 0.2) is 14.6 Å². The summed E-state index contributed by atoms with van der Waals surface area (Å²) in [7, 11) is -1.77. The minimum atomic E-state index is -1.77. The fourth-order valence-electron chi connectivity index (χ4n) is 1.53. The summed E-state index contributed by atoms with van der Waals surface area (Å²) in [5.41, 5.74) is 1.19. The van der Waals surface area contributed by atoms with E-state index in [1.165, 1.54) is 5.56 Å². The molecule has 118 valence electrons. The quantitative estimate of drug-likeness (QED) is 0.252. The largest absolute Gasteiger partial charge is 0.392 e. The molecule has 0 bridgehead atoms. The fourth-order valence-corrected chi connectivity index (χ4v) is 3.46. The van der Waals surface area contributed by atoms with Crippen molar-refractivity contribution in [3.8, 4) is 0 Å². The van der Waals surface area contributed by atoms with Crippen molar-refractivity contribution >= 4 is 37.0 Å². The van der Waals surface area contributed by atoms with Crippen molar-refractivity contribution in [1.82, 2.24) is 0 Å². The van der Waals surface area contributed by atoms with Gasteiger partial charge in [-0.25, -0.2) is 0 Å². The lowest BCUT2D eigenvalue weighted by molar-refractivity contribution is -0.0579. The molecule has 0 saturated carbocycles. The number of alkyl halides is 1. The Morgan fingerprint density at radius 3 is 2.33 bits per heavy atom. The van der Waals surface area contributed by atoms with Gasteiger partial charge < -0.3 is 9.16 Å². The molecule has 2 nitrogen and oxygen atoms in total. The smallest absolute Gasteiger partial charge is 0.195 e. The van der Waals surface area contributed by atoms with Crippen LogP contribution in [0, 0.1) is 0 Å². The number of hydrogen-bond donors (Lipinski definition) is 0. The highest BCUT2D eigenvalue weighted by molar-refractivity contribution is 14.1. The zero-order valence-corrected chi connectivity index (χ0v) is 16.9. The molecule has 0 aromatic heterocycles. The normalized spacial score (nSPS) is 14.6. The number of halogens is 1. The summed E-state index contributed by atoms with van der Waals surface area (Å²) in [5, 5.41) is 0.209. The monoisotopic (exact) mass is 418 g/mol. The lowest BCUT2D eigenvalue weighted by Gasteiger charge is -2.38. The third-order valence-electron chi connectivity index (χ3n) is 3.85. The molecule has 0 saturated heterocycles. The summed E-state index contributed by atoms with van der Waals surface area (Å²) < 4.78 is 13.0. The molecule has 1 rings (SSSR count). The van der Waals surface area contributed by atoms with Crippen LogP contribution in [-0.4, -0.2) is 25.6 Å². The topological polar surface area (TPSA) is 18.5 Å². The fraction of sp³-hybridized carbons (Fsp3) is 0.529. The Kier molecular flexibility index (Phi) is 7.60.